The molecule has 1 aromatic heterocycles. The molecule has 5 heteroatoms. The van der Waals surface area contributed by atoms with Crippen molar-refractivity contribution in [2.75, 3.05) is 0 Å². The number of nitrogens with one attached hydrogen (secondary N) is 1. The maximum atomic E-state index is 12.1. The third-order valence-corrected chi connectivity index (χ3v) is 5.76. The number of hydrazone groups is 1. The van der Waals surface area contributed by atoms with E-state index in [-0.39, 0.29) is 12.5 Å². The molecule has 5 nitrogen and oxygen atoms in total. The predicted octanol–water partition coefficient (Wildman–Crippen LogP) is 3.13. The maximum absolute atomic E-state index is 12.1. The number of hydrogen-bond donors (Lipinski definition) is 1. The quantitative estimate of drug-likeness (QED) is 0.694. The van der Waals surface area contributed by atoms with Crippen LogP contribution in [0.3, 0.4) is 0 Å². The van der Waals surface area contributed by atoms with E-state index < -0.39 is 0 Å². The third kappa shape index (κ3) is 2.44. The Balaban J connectivity index is 1.38. The van der Waals surface area contributed by atoms with Crippen LogP contribution in [0.5, 0.6) is 0 Å². The zero-order valence-electron chi connectivity index (χ0n) is 14.1. The third-order valence-electron chi connectivity index (χ3n) is 5.76. The first-order valence-electron chi connectivity index (χ1n) is 8.47. The first-order valence-corrected chi connectivity index (χ1v) is 8.47. The standard InChI is InChI=1S/C19H22N4O/c1-19(2)14-8-7-13(15(19)9-14)10-21-22-18(24)11-23-12-20-16-5-3-4-6-17(16)23/h3-7,10,12,14-15H,8-9,11H2,1-2H3,(H,22,24)/b21-10-/t14-,15+/m0/s1. The van der Waals surface area contributed by atoms with Crippen molar-refractivity contribution in [1.29, 1.82) is 0 Å². The van der Waals surface area contributed by atoms with Gasteiger partial charge in [0.15, 0.2) is 0 Å². The summed E-state index contributed by atoms with van der Waals surface area (Å²) in [5, 5.41) is 4.17. The number of aromatic nitrogens is 2. The van der Waals surface area contributed by atoms with E-state index in [2.05, 4.69) is 35.4 Å². The van der Waals surface area contributed by atoms with Gasteiger partial charge in [-0.2, -0.15) is 5.10 Å². The Bertz CT molecular complexity index is 846. The topological polar surface area (TPSA) is 59.3 Å². The molecule has 2 atom stereocenters. The molecule has 124 valence electrons. The second-order valence-corrected chi connectivity index (χ2v) is 7.40. The highest BCUT2D eigenvalue weighted by atomic mass is 16.2. The largest absolute Gasteiger partial charge is 0.321 e. The maximum Gasteiger partial charge on any atom is 0.260 e. The molecule has 1 fully saturated rings. The fraction of sp³-hybridized carbons (Fsp3) is 0.421. The van der Waals surface area contributed by atoms with Crippen LogP contribution in [0.2, 0.25) is 0 Å². The number of para-hydroxylation sites is 2. The molecule has 1 N–H and O–H groups in total. The lowest BCUT2D eigenvalue weighted by atomic mass is 9.49. The van der Waals surface area contributed by atoms with Crippen LogP contribution in [0.1, 0.15) is 26.7 Å². The molecular weight excluding hydrogens is 300 g/mol. The summed E-state index contributed by atoms with van der Waals surface area (Å²) in [6.07, 6.45) is 8.16. The van der Waals surface area contributed by atoms with Gasteiger partial charge in [0.2, 0.25) is 0 Å². The van der Waals surface area contributed by atoms with Crippen LogP contribution in [-0.4, -0.2) is 21.7 Å². The molecule has 3 aliphatic carbocycles. The van der Waals surface area contributed by atoms with E-state index in [1.165, 1.54) is 12.0 Å². The van der Waals surface area contributed by atoms with Gasteiger partial charge in [0.05, 0.1) is 23.6 Å². The number of imidazole rings is 1. The van der Waals surface area contributed by atoms with Crippen LogP contribution in [0, 0.1) is 17.3 Å². The summed E-state index contributed by atoms with van der Waals surface area (Å²) in [4.78, 5) is 16.4. The highest BCUT2D eigenvalue weighted by molar-refractivity contribution is 5.84. The number of fused-ring (bicyclic) bond motifs is 2. The van der Waals surface area contributed by atoms with Crippen molar-refractivity contribution in [3.05, 3.63) is 42.2 Å². The predicted molar refractivity (Wildman–Crippen MR) is 94.4 cm³/mol. The Morgan fingerprint density at radius 3 is 3.08 bits per heavy atom. The van der Waals surface area contributed by atoms with E-state index in [0.29, 0.717) is 11.3 Å². The summed E-state index contributed by atoms with van der Waals surface area (Å²) in [6.45, 7) is 4.87. The highest BCUT2D eigenvalue weighted by Gasteiger charge is 2.50. The first kappa shape index (κ1) is 15.1. The van der Waals surface area contributed by atoms with E-state index in [1.807, 2.05) is 35.0 Å². The molecular formula is C19H22N4O. The van der Waals surface area contributed by atoms with E-state index in [9.17, 15) is 4.79 Å². The van der Waals surface area contributed by atoms with Crippen LogP contribution in [0.15, 0.2) is 47.3 Å². The van der Waals surface area contributed by atoms with E-state index in [1.54, 1.807) is 6.33 Å². The van der Waals surface area contributed by atoms with Gasteiger partial charge in [-0.1, -0.05) is 32.1 Å². The van der Waals surface area contributed by atoms with Crippen LogP contribution in [0.25, 0.3) is 11.0 Å². The number of amides is 1. The smallest absolute Gasteiger partial charge is 0.260 e. The van der Waals surface area contributed by atoms with Gasteiger partial charge >= 0.3 is 0 Å². The first-order chi connectivity index (χ1) is 11.6. The summed E-state index contributed by atoms with van der Waals surface area (Å²) in [7, 11) is 0. The Morgan fingerprint density at radius 1 is 1.46 bits per heavy atom. The Labute approximate surface area is 141 Å². The fourth-order valence-electron chi connectivity index (χ4n) is 4.05. The van der Waals surface area contributed by atoms with Crippen molar-refractivity contribution in [3.8, 4) is 0 Å². The average Bonchev–Trinajstić information content (AvgIpc) is 2.98. The Morgan fingerprint density at radius 2 is 2.29 bits per heavy atom. The number of carbonyl (C=O) groups excluding carboxylic acids is 1. The lowest BCUT2D eigenvalue weighted by molar-refractivity contribution is -0.121. The monoisotopic (exact) mass is 322 g/mol. The second kappa shape index (κ2) is 5.58. The minimum absolute atomic E-state index is 0.142. The number of nitrogens with zero attached hydrogens (tertiary/aromatic N) is 3. The molecule has 1 aromatic carbocycles. The van der Waals surface area contributed by atoms with E-state index in [0.717, 1.165) is 23.4 Å². The molecule has 0 aliphatic heterocycles. The molecule has 5 rings (SSSR count). The minimum Gasteiger partial charge on any atom is -0.321 e. The summed E-state index contributed by atoms with van der Waals surface area (Å²) >= 11 is 0. The lowest BCUT2D eigenvalue weighted by Gasteiger charge is -2.55. The van der Waals surface area contributed by atoms with Crippen molar-refractivity contribution in [1.82, 2.24) is 15.0 Å². The molecule has 3 aliphatic rings. The molecule has 1 amide bonds. The molecule has 1 heterocycles. The number of carbonyl (C=O) groups is 1. The number of hydrogen-bond acceptors (Lipinski definition) is 3. The minimum atomic E-state index is -0.142. The number of rotatable bonds is 4. The van der Waals surface area contributed by atoms with Crippen molar-refractivity contribution in [2.45, 2.75) is 33.2 Å². The van der Waals surface area contributed by atoms with Crippen molar-refractivity contribution in [3.63, 3.8) is 0 Å². The van der Waals surface area contributed by atoms with Crippen LogP contribution in [-0.2, 0) is 11.3 Å². The highest BCUT2D eigenvalue weighted by Crippen LogP contribution is 2.58. The molecule has 2 aromatic rings. The van der Waals surface area contributed by atoms with Gasteiger partial charge in [0.1, 0.15) is 6.54 Å². The molecule has 1 saturated carbocycles. The van der Waals surface area contributed by atoms with Gasteiger partial charge in [-0.25, -0.2) is 10.4 Å². The molecule has 0 spiro atoms. The van der Waals surface area contributed by atoms with E-state index >= 15 is 0 Å². The van der Waals surface area contributed by atoms with E-state index in [4.69, 9.17) is 0 Å². The molecule has 24 heavy (non-hydrogen) atoms. The Kier molecular flexibility index (Phi) is 3.52. The van der Waals surface area contributed by atoms with Gasteiger partial charge in [0, 0.05) is 0 Å². The molecule has 0 radical (unpaired) electrons. The van der Waals surface area contributed by atoms with Gasteiger partial charge < -0.3 is 4.57 Å². The summed E-state index contributed by atoms with van der Waals surface area (Å²) < 4.78 is 1.83. The van der Waals surface area contributed by atoms with Crippen molar-refractivity contribution < 1.29 is 4.79 Å². The van der Waals surface area contributed by atoms with Crippen LogP contribution in [0.4, 0.5) is 0 Å². The normalized spacial score (nSPS) is 24.7. The van der Waals surface area contributed by atoms with Gasteiger partial charge in [0.25, 0.3) is 5.91 Å². The SMILES string of the molecule is CC1(C)[C@H]2CC=C(/C=N\NC(=O)Cn3cnc4ccccc43)[C@H]1C2. The summed E-state index contributed by atoms with van der Waals surface area (Å²) in [6, 6.07) is 7.78. The van der Waals surface area contributed by atoms with Crippen LogP contribution < -0.4 is 5.43 Å². The Hall–Kier alpha value is -2.43. The second-order valence-electron chi connectivity index (χ2n) is 7.40. The molecule has 2 bridgehead atoms. The number of allylic oxidation sites excluding steroid dienone is 2. The van der Waals surface area contributed by atoms with Gasteiger partial charge in [-0.05, 0) is 47.8 Å². The van der Waals surface area contributed by atoms with Gasteiger partial charge in [-0.3, -0.25) is 4.79 Å². The lowest BCUT2D eigenvalue weighted by Crippen LogP contribution is -2.48. The fourth-order valence-corrected chi connectivity index (χ4v) is 4.05. The molecule has 0 saturated heterocycles. The summed E-state index contributed by atoms with van der Waals surface area (Å²) in [5.74, 6) is 1.25. The van der Waals surface area contributed by atoms with Crippen LogP contribution >= 0.6 is 0 Å². The zero-order chi connectivity index (χ0) is 16.7. The zero-order valence-corrected chi connectivity index (χ0v) is 14.1. The van der Waals surface area contributed by atoms with Crippen molar-refractivity contribution >= 4 is 23.2 Å². The average molecular weight is 322 g/mol. The van der Waals surface area contributed by atoms with Gasteiger partial charge in [-0.15, -0.1) is 0 Å². The number of benzene rings is 1. The summed E-state index contributed by atoms with van der Waals surface area (Å²) in [5.41, 5.74) is 6.11. The van der Waals surface area contributed by atoms with Crippen molar-refractivity contribution in [2.24, 2.45) is 22.4 Å². The molecule has 0 unspecified atom stereocenters.